The number of hydrogen-bond donors (Lipinski definition) is 0. The Morgan fingerprint density at radius 3 is 2.57 bits per heavy atom. The average molecular weight is 419 g/mol. The second-order valence-corrected chi connectivity index (χ2v) is 5.96. The molecule has 2 aromatic heterocycles. The molecule has 2 heterocycles. The van der Waals surface area contributed by atoms with Crippen molar-refractivity contribution in [2.75, 3.05) is 13.7 Å². The van der Waals surface area contributed by atoms with E-state index in [4.69, 9.17) is 9.47 Å². The molecule has 7 nitrogen and oxygen atoms in total. The summed E-state index contributed by atoms with van der Waals surface area (Å²) in [5, 5.41) is 3.71. The SMILES string of the molecule is CCOC(=O)c1cnn(-c2cccc(-c3cccc(C=O)c3OC)n2)c1C(F)(F)F. The Bertz CT molecular complexity index is 1090. The molecule has 1 aromatic carbocycles. The third kappa shape index (κ3) is 3.88. The van der Waals surface area contributed by atoms with Gasteiger partial charge in [0.1, 0.15) is 11.3 Å². The molecule has 0 N–H and O–H groups in total. The number of halogens is 3. The third-order valence-corrected chi connectivity index (χ3v) is 4.14. The van der Waals surface area contributed by atoms with E-state index in [1.54, 1.807) is 24.3 Å². The number of ether oxygens (including phenoxy) is 2. The van der Waals surface area contributed by atoms with Crippen LogP contribution in [0.2, 0.25) is 0 Å². The van der Waals surface area contributed by atoms with Crippen LogP contribution in [0.5, 0.6) is 5.75 Å². The van der Waals surface area contributed by atoms with E-state index in [1.807, 2.05) is 0 Å². The quantitative estimate of drug-likeness (QED) is 0.444. The highest BCUT2D eigenvalue weighted by atomic mass is 19.4. The van der Waals surface area contributed by atoms with E-state index in [0.29, 0.717) is 16.5 Å². The molecule has 0 saturated carbocycles. The fraction of sp³-hybridized carbons (Fsp3) is 0.200. The largest absolute Gasteiger partial charge is 0.495 e. The Kier molecular flexibility index (Phi) is 5.86. The van der Waals surface area contributed by atoms with Crippen LogP contribution in [0, 0.1) is 0 Å². The lowest BCUT2D eigenvalue weighted by molar-refractivity contribution is -0.143. The number of hydrogen-bond acceptors (Lipinski definition) is 6. The lowest BCUT2D eigenvalue weighted by atomic mass is 10.1. The van der Waals surface area contributed by atoms with Crippen molar-refractivity contribution in [2.45, 2.75) is 13.1 Å². The zero-order chi connectivity index (χ0) is 21.9. The molecule has 0 aliphatic carbocycles. The maximum Gasteiger partial charge on any atom is 0.434 e. The molecular weight excluding hydrogens is 403 g/mol. The average Bonchev–Trinajstić information content (AvgIpc) is 3.19. The van der Waals surface area contributed by atoms with Gasteiger partial charge in [-0.3, -0.25) is 4.79 Å². The summed E-state index contributed by atoms with van der Waals surface area (Å²) < 4.78 is 51.6. The standard InChI is InChI=1S/C20H16F3N3O4/c1-3-30-19(28)14-10-24-26(18(14)20(21,22)23)16-9-5-8-15(25-16)13-7-4-6-12(11-27)17(13)29-2/h4-11H,3H2,1-2H3. The fourth-order valence-corrected chi connectivity index (χ4v) is 2.92. The van der Waals surface area contributed by atoms with Crippen molar-refractivity contribution in [3.8, 4) is 22.8 Å². The van der Waals surface area contributed by atoms with Crippen LogP contribution in [0.3, 0.4) is 0 Å². The van der Waals surface area contributed by atoms with Gasteiger partial charge >= 0.3 is 12.1 Å². The summed E-state index contributed by atoms with van der Waals surface area (Å²) in [6.45, 7) is 1.41. The minimum Gasteiger partial charge on any atom is -0.495 e. The molecule has 0 saturated heterocycles. The van der Waals surface area contributed by atoms with Gasteiger partial charge in [-0.15, -0.1) is 0 Å². The van der Waals surface area contributed by atoms with Crippen molar-refractivity contribution in [3.05, 3.63) is 59.4 Å². The van der Waals surface area contributed by atoms with Crippen LogP contribution in [-0.2, 0) is 10.9 Å². The number of para-hydroxylation sites is 1. The van der Waals surface area contributed by atoms with Crippen molar-refractivity contribution >= 4 is 12.3 Å². The van der Waals surface area contributed by atoms with Crippen molar-refractivity contribution in [3.63, 3.8) is 0 Å². The van der Waals surface area contributed by atoms with Gasteiger partial charge in [0.25, 0.3) is 0 Å². The molecule has 3 aromatic rings. The lowest BCUT2D eigenvalue weighted by Gasteiger charge is -2.14. The first-order valence-corrected chi connectivity index (χ1v) is 8.74. The number of esters is 1. The Labute approximate surface area is 169 Å². The second-order valence-electron chi connectivity index (χ2n) is 5.96. The van der Waals surface area contributed by atoms with E-state index in [-0.39, 0.29) is 29.4 Å². The molecule has 0 bridgehead atoms. The number of carbonyl (C=O) groups is 2. The molecule has 0 spiro atoms. The van der Waals surface area contributed by atoms with Crippen LogP contribution in [0.25, 0.3) is 17.1 Å². The maximum absolute atomic E-state index is 13.7. The van der Waals surface area contributed by atoms with E-state index in [0.717, 1.165) is 6.20 Å². The van der Waals surface area contributed by atoms with Crippen LogP contribution in [0.15, 0.2) is 42.6 Å². The van der Waals surface area contributed by atoms with Gasteiger partial charge in [0, 0.05) is 5.56 Å². The Morgan fingerprint density at radius 1 is 1.20 bits per heavy atom. The van der Waals surface area contributed by atoms with E-state index in [2.05, 4.69) is 10.1 Å². The summed E-state index contributed by atoms with van der Waals surface area (Å²) in [5.74, 6) is -1.07. The summed E-state index contributed by atoms with van der Waals surface area (Å²) in [7, 11) is 1.37. The fourth-order valence-electron chi connectivity index (χ4n) is 2.92. The maximum atomic E-state index is 13.7. The van der Waals surface area contributed by atoms with Crippen LogP contribution >= 0.6 is 0 Å². The first-order valence-electron chi connectivity index (χ1n) is 8.74. The smallest absolute Gasteiger partial charge is 0.434 e. The molecule has 30 heavy (non-hydrogen) atoms. The number of alkyl halides is 3. The zero-order valence-electron chi connectivity index (χ0n) is 15.9. The third-order valence-electron chi connectivity index (χ3n) is 4.14. The molecule has 0 fully saturated rings. The van der Waals surface area contributed by atoms with Gasteiger partial charge in [0.2, 0.25) is 0 Å². The summed E-state index contributed by atoms with van der Waals surface area (Å²) in [4.78, 5) is 27.4. The number of aromatic nitrogens is 3. The van der Waals surface area contributed by atoms with E-state index in [9.17, 15) is 22.8 Å². The van der Waals surface area contributed by atoms with Gasteiger partial charge in [-0.25, -0.2) is 14.5 Å². The van der Waals surface area contributed by atoms with Gasteiger partial charge in [-0.1, -0.05) is 12.1 Å². The molecule has 0 amide bonds. The Morgan fingerprint density at radius 2 is 1.93 bits per heavy atom. The molecule has 0 radical (unpaired) electrons. The van der Waals surface area contributed by atoms with Crippen molar-refractivity contribution in [2.24, 2.45) is 0 Å². The molecule has 10 heteroatoms. The number of benzene rings is 1. The monoisotopic (exact) mass is 419 g/mol. The second kappa shape index (κ2) is 8.36. The predicted molar refractivity (Wildman–Crippen MR) is 99.7 cm³/mol. The van der Waals surface area contributed by atoms with E-state index < -0.39 is 23.4 Å². The molecule has 0 aliphatic rings. The summed E-state index contributed by atoms with van der Waals surface area (Å²) in [6.07, 6.45) is -3.48. The lowest BCUT2D eigenvalue weighted by Crippen LogP contribution is -2.19. The minimum atomic E-state index is -4.88. The molecule has 156 valence electrons. The predicted octanol–water partition coefficient (Wildman–Crippen LogP) is 3.95. The number of aldehydes is 1. The van der Waals surface area contributed by atoms with Crippen LogP contribution in [-0.4, -0.2) is 40.7 Å². The van der Waals surface area contributed by atoms with Gasteiger partial charge in [-0.05, 0) is 31.2 Å². The number of carbonyl (C=O) groups excluding carboxylic acids is 2. The number of pyridine rings is 1. The van der Waals surface area contributed by atoms with E-state index in [1.165, 1.54) is 26.2 Å². The summed E-state index contributed by atoms with van der Waals surface area (Å²) in [5.41, 5.74) is -1.07. The first kappa shape index (κ1) is 21.0. The molecular formula is C20H16F3N3O4. The molecule has 0 unspecified atom stereocenters. The van der Waals surface area contributed by atoms with Crippen LogP contribution in [0.4, 0.5) is 13.2 Å². The van der Waals surface area contributed by atoms with Crippen molar-refractivity contribution < 1.29 is 32.2 Å². The van der Waals surface area contributed by atoms with Crippen molar-refractivity contribution in [1.29, 1.82) is 0 Å². The highest BCUT2D eigenvalue weighted by Crippen LogP contribution is 2.35. The molecule has 3 rings (SSSR count). The zero-order valence-corrected chi connectivity index (χ0v) is 15.9. The number of nitrogens with zero attached hydrogens (tertiary/aromatic N) is 3. The Balaban J connectivity index is 2.17. The van der Waals surface area contributed by atoms with Crippen LogP contribution in [0.1, 0.15) is 33.3 Å². The highest BCUT2D eigenvalue weighted by molar-refractivity contribution is 5.91. The van der Waals surface area contributed by atoms with Crippen molar-refractivity contribution in [1.82, 2.24) is 14.8 Å². The molecule has 0 aliphatic heterocycles. The van der Waals surface area contributed by atoms with Gasteiger partial charge < -0.3 is 9.47 Å². The van der Waals surface area contributed by atoms with Crippen LogP contribution < -0.4 is 4.74 Å². The minimum absolute atomic E-state index is 0.0814. The summed E-state index contributed by atoms with van der Waals surface area (Å²) >= 11 is 0. The topological polar surface area (TPSA) is 83.3 Å². The first-order chi connectivity index (χ1) is 14.3. The van der Waals surface area contributed by atoms with Gasteiger partial charge in [0.05, 0.1) is 31.2 Å². The van der Waals surface area contributed by atoms with Gasteiger partial charge in [-0.2, -0.15) is 18.3 Å². The summed E-state index contributed by atoms with van der Waals surface area (Å²) in [6, 6.07) is 9.12. The number of methoxy groups -OCH3 is 1. The van der Waals surface area contributed by atoms with E-state index >= 15 is 0 Å². The Hall–Kier alpha value is -3.69. The highest BCUT2D eigenvalue weighted by Gasteiger charge is 2.41. The number of rotatable bonds is 6. The normalized spacial score (nSPS) is 11.2. The van der Waals surface area contributed by atoms with Gasteiger partial charge in [0.15, 0.2) is 17.8 Å². The molecule has 0 atom stereocenters.